The van der Waals surface area contributed by atoms with Gasteiger partial charge in [0.15, 0.2) is 0 Å². The van der Waals surface area contributed by atoms with Gasteiger partial charge in [0.1, 0.15) is 5.75 Å². The summed E-state index contributed by atoms with van der Waals surface area (Å²) in [4.78, 5) is 26.4. The minimum absolute atomic E-state index is 0.252. The smallest absolute Gasteiger partial charge is 0.266 e. The predicted octanol–water partition coefficient (Wildman–Crippen LogP) is 6.53. The summed E-state index contributed by atoms with van der Waals surface area (Å²) in [5, 5.41) is 0.503. The van der Waals surface area contributed by atoms with Crippen LogP contribution in [0.25, 0.3) is 0 Å². The third kappa shape index (κ3) is 4.50. The van der Waals surface area contributed by atoms with Crippen LogP contribution in [0.4, 0.5) is 5.69 Å². The maximum atomic E-state index is 12.6. The normalized spacial score (nSPS) is 13.2. The number of benzene rings is 2. The monoisotopic (exact) mass is 419 g/mol. The van der Waals surface area contributed by atoms with E-state index in [4.69, 9.17) is 27.9 Å². The second-order valence-electron chi connectivity index (χ2n) is 6.87. The number of halogens is 2. The number of unbranched alkanes of at least 4 members (excludes halogenated alkanes) is 5. The Labute approximate surface area is 175 Å². The Morgan fingerprint density at radius 3 is 1.93 bits per heavy atom. The first-order chi connectivity index (χ1) is 13.5. The molecular weight excluding hydrogens is 397 g/mol. The Balaban J connectivity index is 1.60. The number of fused-ring (bicyclic) bond motifs is 1. The molecule has 0 spiro atoms. The summed E-state index contributed by atoms with van der Waals surface area (Å²) in [6, 6.07) is 9.85. The Morgan fingerprint density at radius 2 is 1.36 bits per heavy atom. The van der Waals surface area contributed by atoms with Crippen LogP contribution in [0, 0.1) is 0 Å². The van der Waals surface area contributed by atoms with E-state index in [1.54, 1.807) is 24.3 Å². The third-order valence-corrected chi connectivity index (χ3v) is 5.51. The Morgan fingerprint density at radius 1 is 0.821 bits per heavy atom. The van der Waals surface area contributed by atoms with Crippen LogP contribution in [0.5, 0.6) is 5.75 Å². The molecule has 1 aliphatic rings. The second-order valence-corrected chi connectivity index (χ2v) is 7.68. The molecule has 0 atom stereocenters. The molecule has 6 heteroatoms. The van der Waals surface area contributed by atoms with Crippen molar-refractivity contribution in [3.05, 3.63) is 57.6 Å². The zero-order valence-corrected chi connectivity index (χ0v) is 17.4. The molecule has 0 N–H and O–H groups in total. The number of anilines is 1. The summed E-state index contributed by atoms with van der Waals surface area (Å²) in [5.41, 5.74) is 1.02. The van der Waals surface area contributed by atoms with Crippen LogP contribution in [0.15, 0.2) is 36.4 Å². The molecule has 0 aliphatic carbocycles. The third-order valence-electron chi connectivity index (χ3n) is 4.79. The van der Waals surface area contributed by atoms with E-state index in [-0.39, 0.29) is 21.2 Å². The van der Waals surface area contributed by atoms with Gasteiger partial charge < -0.3 is 4.74 Å². The lowest BCUT2D eigenvalue weighted by Crippen LogP contribution is -2.29. The van der Waals surface area contributed by atoms with Gasteiger partial charge in [-0.2, -0.15) is 0 Å². The fourth-order valence-electron chi connectivity index (χ4n) is 3.23. The van der Waals surface area contributed by atoms with Crippen molar-refractivity contribution in [1.82, 2.24) is 0 Å². The Bertz CT molecular complexity index is 824. The number of imide groups is 1. The van der Waals surface area contributed by atoms with Crippen molar-refractivity contribution in [2.75, 3.05) is 11.5 Å². The highest BCUT2D eigenvalue weighted by molar-refractivity contribution is 6.44. The van der Waals surface area contributed by atoms with Gasteiger partial charge in [0.25, 0.3) is 11.8 Å². The lowest BCUT2D eigenvalue weighted by atomic mass is 10.1. The van der Waals surface area contributed by atoms with Gasteiger partial charge >= 0.3 is 0 Å². The summed E-state index contributed by atoms with van der Waals surface area (Å²) in [5.74, 6) is -0.0846. The lowest BCUT2D eigenvalue weighted by molar-refractivity contribution is 0.0926. The average molecular weight is 420 g/mol. The van der Waals surface area contributed by atoms with E-state index in [1.807, 2.05) is 0 Å². The number of nitrogens with zero attached hydrogens (tertiary/aromatic N) is 1. The first kappa shape index (κ1) is 20.7. The van der Waals surface area contributed by atoms with Crippen molar-refractivity contribution in [1.29, 1.82) is 0 Å². The van der Waals surface area contributed by atoms with E-state index in [0.717, 1.165) is 23.5 Å². The van der Waals surface area contributed by atoms with Crippen LogP contribution in [0.3, 0.4) is 0 Å². The van der Waals surface area contributed by atoms with Crippen molar-refractivity contribution in [2.45, 2.75) is 45.4 Å². The number of amides is 2. The first-order valence-corrected chi connectivity index (χ1v) is 10.4. The zero-order valence-electron chi connectivity index (χ0n) is 15.8. The number of rotatable bonds is 9. The maximum absolute atomic E-state index is 12.6. The first-order valence-electron chi connectivity index (χ1n) is 9.63. The molecule has 2 amide bonds. The van der Waals surface area contributed by atoms with Gasteiger partial charge in [-0.1, -0.05) is 62.2 Å². The van der Waals surface area contributed by atoms with Gasteiger partial charge in [-0.3, -0.25) is 9.59 Å². The minimum atomic E-state index is -0.403. The predicted molar refractivity (Wildman–Crippen MR) is 113 cm³/mol. The molecule has 0 aromatic heterocycles. The molecule has 3 rings (SSSR count). The van der Waals surface area contributed by atoms with E-state index in [1.165, 1.54) is 37.8 Å². The molecule has 0 fully saturated rings. The summed E-state index contributed by atoms with van der Waals surface area (Å²) < 4.78 is 5.75. The fourth-order valence-corrected chi connectivity index (χ4v) is 3.56. The SMILES string of the molecule is CCCCCCCCOc1ccc(N2C(=O)c3cc(Cl)c(Cl)cc3C2=O)cc1. The van der Waals surface area contributed by atoms with E-state index >= 15 is 0 Å². The van der Waals surface area contributed by atoms with Gasteiger partial charge in [0.05, 0.1) is 33.5 Å². The van der Waals surface area contributed by atoms with E-state index in [9.17, 15) is 9.59 Å². The van der Waals surface area contributed by atoms with Gasteiger partial charge in [-0.05, 0) is 42.8 Å². The molecule has 2 aromatic rings. The fraction of sp³-hybridized carbons (Fsp3) is 0.364. The quantitative estimate of drug-likeness (QED) is 0.342. The van der Waals surface area contributed by atoms with Gasteiger partial charge in [-0.25, -0.2) is 4.90 Å². The molecule has 2 aromatic carbocycles. The molecule has 1 heterocycles. The van der Waals surface area contributed by atoms with Crippen molar-refractivity contribution in [3.8, 4) is 5.75 Å². The lowest BCUT2D eigenvalue weighted by Gasteiger charge is -2.14. The highest BCUT2D eigenvalue weighted by atomic mass is 35.5. The van der Waals surface area contributed by atoms with E-state index < -0.39 is 11.8 Å². The molecule has 0 unspecified atom stereocenters. The van der Waals surface area contributed by atoms with Crippen LogP contribution >= 0.6 is 23.2 Å². The van der Waals surface area contributed by atoms with Crippen molar-refractivity contribution < 1.29 is 14.3 Å². The Kier molecular flexibility index (Phi) is 6.97. The molecule has 28 heavy (non-hydrogen) atoms. The summed E-state index contributed by atoms with van der Waals surface area (Å²) in [6.07, 6.45) is 7.24. The Hall–Kier alpha value is -2.04. The van der Waals surface area contributed by atoms with E-state index in [0.29, 0.717) is 12.3 Å². The number of ether oxygens (including phenoxy) is 1. The molecule has 0 radical (unpaired) electrons. The molecule has 0 saturated heterocycles. The number of hydrogen-bond donors (Lipinski definition) is 0. The van der Waals surface area contributed by atoms with Crippen molar-refractivity contribution in [2.24, 2.45) is 0 Å². The molecular formula is C22H23Cl2NO3. The standard InChI is InChI=1S/C22H23Cl2NO3/c1-2-3-4-5-6-7-12-28-16-10-8-15(9-11-16)25-21(26)17-13-19(23)20(24)14-18(17)22(25)27/h8-11,13-14H,2-7,12H2,1H3. The van der Waals surface area contributed by atoms with Crippen LogP contribution in [-0.2, 0) is 0 Å². The van der Waals surface area contributed by atoms with Gasteiger partial charge in [-0.15, -0.1) is 0 Å². The molecule has 0 bridgehead atoms. The highest BCUT2D eigenvalue weighted by Gasteiger charge is 2.37. The second kappa shape index (κ2) is 9.44. The summed E-state index contributed by atoms with van der Waals surface area (Å²) in [6.45, 7) is 2.87. The van der Waals surface area contributed by atoms with Crippen LogP contribution < -0.4 is 9.64 Å². The highest BCUT2D eigenvalue weighted by Crippen LogP contribution is 2.34. The number of hydrogen-bond acceptors (Lipinski definition) is 3. The zero-order chi connectivity index (χ0) is 20.1. The van der Waals surface area contributed by atoms with E-state index in [2.05, 4.69) is 6.92 Å². The molecule has 1 aliphatic heterocycles. The van der Waals surface area contributed by atoms with Crippen molar-refractivity contribution >= 4 is 40.7 Å². The maximum Gasteiger partial charge on any atom is 0.266 e. The minimum Gasteiger partial charge on any atom is -0.494 e. The van der Waals surface area contributed by atoms with Gasteiger partial charge in [0, 0.05) is 0 Å². The number of carbonyl (C=O) groups excluding carboxylic acids is 2. The van der Waals surface area contributed by atoms with Crippen molar-refractivity contribution in [3.63, 3.8) is 0 Å². The topological polar surface area (TPSA) is 46.6 Å². The van der Waals surface area contributed by atoms with Crippen LogP contribution in [0.2, 0.25) is 10.0 Å². The number of carbonyl (C=O) groups is 2. The summed E-state index contributed by atoms with van der Waals surface area (Å²) >= 11 is 12.0. The van der Waals surface area contributed by atoms with Crippen LogP contribution in [0.1, 0.15) is 66.2 Å². The van der Waals surface area contributed by atoms with Gasteiger partial charge in [0.2, 0.25) is 0 Å². The molecule has 148 valence electrons. The largest absolute Gasteiger partial charge is 0.494 e. The summed E-state index contributed by atoms with van der Waals surface area (Å²) in [7, 11) is 0. The van der Waals surface area contributed by atoms with Crippen LogP contribution in [-0.4, -0.2) is 18.4 Å². The molecule has 4 nitrogen and oxygen atoms in total. The molecule has 0 saturated carbocycles. The average Bonchev–Trinajstić information content (AvgIpc) is 2.92.